The maximum Gasteiger partial charge on any atom is 0.263 e. The van der Waals surface area contributed by atoms with E-state index in [-0.39, 0.29) is 11.5 Å². The summed E-state index contributed by atoms with van der Waals surface area (Å²) in [7, 11) is 0. The summed E-state index contributed by atoms with van der Waals surface area (Å²) in [6.45, 7) is 8.02. The minimum Gasteiger partial charge on any atom is -0.390 e. The van der Waals surface area contributed by atoms with Crippen molar-refractivity contribution in [2.24, 2.45) is 0 Å². The predicted octanol–water partition coefficient (Wildman–Crippen LogP) is -0.975. The third-order valence-electron chi connectivity index (χ3n) is 2.74. The molecule has 0 unspecified atom stereocenters. The van der Waals surface area contributed by atoms with Gasteiger partial charge in [0.25, 0.3) is 5.91 Å². The SMILES string of the molecule is CCN/C=C(/C#N)C(=O)NCCN1CCNCC1. The average Bonchev–Trinajstić information content (AvgIpc) is 2.41. The second-order valence-corrected chi connectivity index (χ2v) is 4.08. The molecule has 1 saturated heterocycles. The van der Waals surface area contributed by atoms with E-state index in [0.717, 1.165) is 32.7 Å². The standard InChI is InChI=1S/C12H21N5O/c1-2-14-10-11(9-13)12(18)16-5-8-17-6-3-15-4-7-17/h10,14-15H,2-8H2,1H3,(H,16,18)/b11-10-. The molecule has 3 N–H and O–H groups in total. The van der Waals surface area contributed by atoms with Crippen LogP contribution in [0.25, 0.3) is 0 Å². The van der Waals surface area contributed by atoms with Crippen molar-refractivity contribution in [3.63, 3.8) is 0 Å². The Labute approximate surface area is 108 Å². The molecule has 1 aliphatic heterocycles. The van der Waals surface area contributed by atoms with Gasteiger partial charge in [-0.2, -0.15) is 5.26 Å². The van der Waals surface area contributed by atoms with E-state index in [0.29, 0.717) is 13.1 Å². The maximum atomic E-state index is 11.6. The molecule has 1 aliphatic rings. The first kappa shape index (κ1) is 14.5. The van der Waals surface area contributed by atoms with Gasteiger partial charge in [-0.05, 0) is 6.92 Å². The molecule has 0 bridgehead atoms. The molecule has 1 amide bonds. The number of nitriles is 1. The van der Waals surface area contributed by atoms with Gasteiger partial charge in [-0.1, -0.05) is 0 Å². The molecule has 0 aromatic rings. The van der Waals surface area contributed by atoms with Gasteiger partial charge in [-0.15, -0.1) is 0 Å². The Morgan fingerprint density at radius 3 is 2.83 bits per heavy atom. The van der Waals surface area contributed by atoms with Gasteiger partial charge < -0.3 is 16.0 Å². The van der Waals surface area contributed by atoms with Gasteiger partial charge in [-0.3, -0.25) is 9.69 Å². The van der Waals surface area contributed by atoms with Crippen molar-refractivity contribution >= 4 is 5.91 Å². The fourth-order valence-corrected chi connectivity index (χ4v) is 1.71. The minimum absolute atomic E-state index is 0.122. The molecule has 6 nitrogen and oxygen atoms in total. The highest BCUT2D eigenvalue weighted by Gasteiger charge is 2.11. The van der Waals surface area contributed by atoms with Crippen LogP contribution in [0.1, 0.15) is 6.92 Å². The monoisotopic (exact) mass is 251 g/mol. The molecule has 0 aliphatic carbocycles. The number of nitrogens with zero attached hydrogens (tertiary/aromatic N) is 2. The lowest BCUT2D eigenvalue weighted by Gasteiger charge is -2.27. The van der Waals surface area contributed by atoms with E-state index in [9.17, 15) is 4.79 Å². The normalized spacial score (nSPS) is 17.0. The Hall–Kier alpha value is -1.58. The van der Waals surface area contributed by atoms with Gasteiger partial charge in [0.15, 0.2) is 0 Å². The highest BCUT2D eigenvalue weighted by atomic mass is 16.1. The Morgan fingerprint density at radius 1 is 1.50 bits per heavy atom. The largest absolute Gasteiger partial charge is 0.390 e. The lowest BCUT2D eigenvalue weighted by molar-refractivity contribution is -0.117. The minimum atomic E-state index is -0.311. The summed E-state index contributed by atoms with van der Waals surface area (Å²) in [6.07, 6.45) is 1.46. The summed E-state index contributed by atoms with van der Waals surface area (Å²) >= 11 is 0. The lowest BCUT2D eigenvalue weighted by Crippen LogP contribution is -2.46. The summed E-state index contributed by atoms with van der Waals surface area (Å²) in [4.78, 5) is 13.9. The summed E-state index contributed by atoms with van der Waals surface area (Å²) < 4.78 is 0. The second-order valence-electron chi connectivity index (χ2n) is 4.08. The van der Waals surface area contributed by atoms with Crippen molar-refractivity contribution in [3.05, 3.63) is 11.8 Å². The Morgan fingerprint density at radius 2 is 2.22 bits per heavy atom. The van der Waals surface area contributed by atoms with Crippen LogP contribution in [0.5, 0.6) is 0 Å². The maximum absolute atomic E-state index is 11.6. The molecule has 1 fully saturated rings. The molecule has 0 aromatic carbocycles. The topological polar surface area (TPSA) is 80.2 Å². The van der Waals surface area contributed by atoms with E-state index < -0.39 is 0 Å². The van der Waals surface area contributed by atoms with E-state index in [4.69, 9.17) is 5.26 Å². The number of hydrogen-bond acceptors (Lipinski definition) is 5. The van der Waals surface area contributed by atoms with Crippen molar-refractivity contribution in [2.45, 2.75) is 6.92 Å². The van der Waals surface area contributed by atoms with E-state index >= 15 is 0 Å². The van der Waals surface area contributed by atoms with Crippen LogP contribution in [0.2, 0.25) is 0 Å². The van der Waals surface area contributed by atoms with Crippen LogP contribution in [0.4, 0.5) is 0 Å². The predicted molar refractivity (Wildman–Crippen MR) is 69.7 cm³/mol. The number of rotatable bonds is 6. The summed E-state index contributed by atoms with van der Waals surface area (Å²) in [5.41, 5.74) is 0.122. The molecule has 0 radical (unpaired) electrons. The van der Waals surface area contributed by atoms with Crippen molar-refractivity contribution in [1.29, 1.82) is 5.26 Å². The van der Waals surface area contributed by atoms with Gasteiger partial charge in [0.1, 0.15) is 11.6 Å². The first-order chi connectivity index (χ1) is 8.77. The van der Waals surface area contributed by atoms with Crippen LogP contribution >= 0.6 is 0 Å². The first-order valence-electron chi connectivity index (χ1n) is 6.33. The Balaban J connectivity index is 2.25. The van der Waals surface area contributed by atoms with Crippen LogP contribution in [0, 0.1) is 11.3 Å². The Bertz CT molecular complexity index is 328. The zero-order valence-electron chi connectivity index (χ0n) is 10.8. The summed E-state index contributed by atoms with van der Waals surface area (Å²) in [6, 6.07) is 1.89. The summed E-state index contributed by atoms with van der Waals surface area (Å²) in [5, 5.41) is 17.7. The molecule has 0 aromatic heterocycles. The molecule has 6 heteroatoms. The lowest BCUT2D eigenvalue weighted by atomic mass is 10.3. The first-order valence-corrected chi connectivity index (χ1v) is 6.33. The number of amides is 1. The van der Waals surface area contributed by atoms with Crippen LogP contribution in [0.15, 0.2) is 11.8 Å². The van der Waals surface area contributed by atoms with Crippen LogP contribution in [-0.2, 0) is 4.79 Å². The fraction of sp³-hybridized carbons (Fsp3) is 0.667. The van der Waals surface area contributed by atoms with E-state index in [1.807, 2.05) is 13.0 Å². The third kappa shape index (κ3) is 5.17. The zero-order chi connectivity index (χ0) is 13.2. The van der Waals surface area contributed by atoms with E-state index in [1.165, 1.54) is 6.20 Å². The number of carbonyl (C=O) groups excluding carboxylic acids is 1. The molecule has 1 heterocycles. The van der Waals surface area contributed by atoms with Gasteiger partial charge in [0.05, 0.1) is 0 Å². The van der Waals surface area contributed by atoms with Crippen LogP contribution in [-0.4, -0.2) is 56.6 Å². The van der Waals surface area contributed by atoms with Gasteiger partial charge in [-0.25, -0.2) is 0 Å². The quantitative estimate of drug-likeness (QED) is 0.418. The molecule has 1 rings (SSSR count). The highest BCUT2D eigenvalue weighted by molar-refractivity contribution is 5.97. The zero-order valence-corrected chi connectivity index (χ0v) is 10.8. The molecule has 0 spiro atoms. The van der Waals surface area contributed by atoms with Crippen molar-refractivity contribution < 1.29 is 4.79 Å². The fourth-order valence-electron chi connectivity index (χ4n) is 1.71. The van der Waals surface area contributed by atoms with E-state index in [2.05, 4.69) is 20.9 Å². The van der Waals surface area contributed by atoms with Crippen LogP contribution < -0.4 is 16.0 Å². The number of nitrogens with one attached hydrogen (secondary N) is 3. The number of piperazine rings is 1. The third-order valence-corrected chi connectivity index (χ3v) is 2.74. The molecular weight excluding hydrogens is 230 g/mol. The van der Waals surface area contributed by atoms with Crippen molar-refractivity contribution in [1.82, 2.24) is 20.9 Å². The van der Waals surface area contributed by atoms with Gasteiger partial charge in [0, 0.05) is 52.0 Å². The van der Waals surface area contributed by atoms with Gasteiger partial charge >= 0.3 is 0 Å². The van der Waals surface area contributed by atoms with E-state index in [1.54, 1.807) is 0 Å². The number of carbonyl (C=O) groups is 1. The van der Waals surface area contributed by atoms with Crippen molar-refractivity contribution in [2.75, 3.05) is 45.8 Å². The molecule has 100 valence electrons. The van der Waals surface area contributed by atoms with Gasteiger partial charge in [0.2, 0.25) is 0 Å². The highest BCUT2D eigenvalue weighted by Crippen LogP contribution is 1.92. The summed E-state index contributed by atoms with van der Waals surface area (Å²) in [5.74, 6) is -0.311. The second kappa shape index (κ2) is 8.50. The Kier molecular flexibility index (Phi) is 6.84. The number of hydrogen-bond donors (Lipinski definition) is 3. The van der Waals surface area contributed by atoms with Crippen molar-refractivity contribution in [3.8, 4) is 6.07 Å². The molecule has 0 saturated carbocycles. The average molecular weight is 251 g/mol. The molecule has 18 heavy (non-hydrogen) atoms. The van der Waals surface area contributed by atoms with Crippen LogP contribution in [0.3, 0.4) is 0 Å². The smallest absolute Gasteiger partial charge is 0.263 e. The molecular formula is C12H21N5O. The molecule has 0 atom stereocenters.